The summed E-state index contributed by atoms with van der Waals surface area (Å²) in [5, 5.41) is 19.8. The summed E-state index contributed by atoms with van der Waals surface area (Å²) in [5.74, 6) is -0.276. The Labute approximate surface area is 227 Å². The van der Waals surface area contributed by atoms with Crippen molar-refractivity contribution in [2.24, 2.45) is 0 Å². The van der Waals surface area contributed by atoms with Crippen LogP contribution in [0.4, 0.5) is 18.3 Å². The molecule has 2 aromatic heterocycles. The number of nitrogens with zero attached hydrogens (tertiary/aromatic N) is 4. The molecule has 0 spiro atoms. The zero-order chi connectivity index (χ0) is 27.4. The van der Waals surface area contributed by atoms with Crippen molar-refractivity contribution in [2.45, 2.75) is 44.4 Å². The minimum absolute atomic E-state index is 0.0275. The highest BCUT2D eigenvalue weighted by Crippen LogP contribution is 2.30. The fourth-order valence-corrected chi connectivity index (χ4v) is 5.61. The Morgan fingerprint density at radius 3 is 2.77 bits per heavy atom. The SMILES string of the molecule is N#Cc1ccc(-c2cnn(Cc3cccc(C(=O)Nc4nc5c(s4)CC(NCCC(F)(F)F)CC5)c3)c2)cc1. The van der Waals surface area contributed by atoms with Crippen LogP contribution < -0.4 is 10.6 Å². The number of carbonyl (C=O) groups excluding carboxylic acids is 1. The van der Waals surface area contributed by atoms with Crippen LogP contribution in [0.15, 0.2) is 60.9 Å². The number of alkyl halides is 3. The van der Waals surface area contributed by atoms with E-state index in [2.05, 4.69) is 26.8 Å². The largest absolute Gasteiger partial charge is 0.390 e. The van der Waals surface area contributed by atoms with Crippen molar-refractivity contribution in [1.29, 1.82) is 5.26 Å². The molecule has 11 heteroatoms. The number of fused-ring (bicyclic) bond motifs is 1. The maximum absolute atomic E-state index is 13.0. The summed E-state index contributed by atoms with van der Waals surface area (Å²) in [4.78, 5) is 18.5. The molecule has 1 aliphatic rings. The number of nitrogens with one attached hydrogen (secondary N) is 2. The third-order valence-electron chi connectivity index (χ3n) is 6.52. The number of aromatic nitrogens is 3. The van der Waals surface area contributed by atoms with Crippen LogP contribution in [0.2, 0.25) is 0 Å². The molecule has 7 nitrogen and oxygen atoms in total. The van der Waals surface area contributed by atoms with Crippen LogP contribution in [0.25, 0.3) is 11.1 Å². The summed E-state index contributed by atoms with van der Waals surface area (Å²) in [6, 6.07) is 16.7. The topological polar surface area (TPSA) is 95.6 Å². The lowest BCUT2D eigenvalue weighted by Gasteiger charge is -2.22. The maximum Gasteiger partial charge on any atom is 0.390 e. The summed E-state index contributed by atoms with van der Waals surface area (Å²) >= 11 is 1.37. The molecule has 4 aromatic rings. The van der Waals surface area contributed by atoms with Crippen LogP contribution in [-0.2, 0) is 19.4 Å². The van der Waals surface area contributed by atoms with Gasteiger partial charge in [0.1, 0.15) is 0 Å². The first-order valence-corrected chi connectivity index (χ1v) is 13.3. The molecule has 5 rings (SSSR count). The number of anilines is 1. The number of aryl methyl sites for hydroxylation is 1. The van der Waals surface area contributed by atoms with Gasteiger partial charge in [0.05, 0.1) is 36.5 Å². The van der Waals surface area contributed by atoms with Crippen molar-refractivity contribution >= 4 is 22.4 Å². The van der Waals surface area contributed by atoms with Crippen LogP contribution in [-0.4, -0.2) is 39.4 Å². The molecule has 2 aromatic carbocycles. The summed E-state index contributed by atoms with van der Waals surface area (Å²) in [6.45, 7) is 0.378. The lowest BCUT2D eigenvalue weighted by molar-refractivity contribution is -0.133. The predicted molar refractivity (Wildman–Crippen MR) is 142 cm³/mol. The maximum atomic E-state index is 13.0. The molecule has 39 heavy (non-hydrogen) atoms. The Balaban J connectivity index is 1.19. The minimum atomic E-state index is -4.17. The highest BCUT2D eigenvalue weighted by atomic mass is 32.1. The first-order valence-electron chi connectivity index (χ1n) is 12.5. The van der Waals surface area contributed by atoms with Crippen molar-refractivity contribution in [2.75, 3.05) is 11.9 Å². The van der Waals surface area contributed by atoms with Gasteiger partial charge in [0.2, 0.25) is 0 Å². The van der Waals surface area contributed by atoms with E-state index in [1.54, 1.807) is 29.1 Å². The number of halogens is 3. The van der Waals surface area contributed by atoms with Crippen molar-refractivity contribution in [3.8, 4) is 17.2 Å². The lowest BCUT2D eigenvalue weighted by atomic mass is 9.97. The van der Waals surface area contributed by atoms with E-state index in [4.69, 9.17) is 5.26 Å². The predicted octanol–water partition coefficient (Wildman–Crippen LogP) is 5.58. The van der Waals surface area contributed by atoms with Gasteiger partial charge < -0.3 is 5.32 Å². The molecular formula is C28H25F3N6OS. The van der Waals surface area contributed by atoms with Crippen LogP contribution in [0.5, 0.6) is 0 Å². The first-order chi connectivity index (χ1) is 18.8. The number of rotatable bonds is 8. The van der Waals surface area contributed by atoms with Gasteiger partial charge in [-0.05, 0) is 54.7 Å². The van der Waals surface area contributed by atoms with E-state index in [-0.39, 0.29) is 18.5 Å². The number of hydrogen-bond acceptors (Lipinski definition) is 6. The molecule has 200 valence electrons. The zero-order valence-electron chi connectivity index (χ0n) is 20.8. The van der Waals surface area contributed by atoms with E-state index >= 15 is 0 Å². The summed E-state index contributed by atoms with van der Waals surface area (Å²) in [7, 11) is 0. The fourth-order valence-electron chi connectivity index (χ4n) is 4.52. The average Bonchev–Trinajstić information content (AvgIpc) is 3.54. The highest BCUT2D eigenvalue weighted by molar-refractivity contribution is 7.15. The van der Waals surface area contributed by atoms with Crippen LogP contribution >= 0.6 is 11.3 Å². The Kier molecular flexibility index (Phi) is 7.77. The van der Waals surface area contributed by atoms with E-state index in [9.17, 15) is 18.0 Å². The van der Waals surface area contributed by atoms with Crippen molar-refractivity contribution < 1.29 is 18.0 Å². The van der Waals surface area contributed by atoms with Gasteiger partial charge >= 0.3 is 6.18 Å². The van der Waals surface area contributed by atoms with E-state index in [1.165, 1.54) is 11.3 Å². The number of amides is 1. The van der Waals surface area contributed by atoms with Gasteiger partial charge in [0.25, 0.3) is 5.91 Å². The van der Waals surface area contributed by atoms with E-state index in [0.29, 0.717) is 42.1 Å². The molecule has 0 saturated carbocycles. The fraction of sp³-hybridized carbons (Fsp3) is 0.286. The molecular weight excluding hydrogens is 525 g/mol. The first kappa shape index (κ1) is 26.6. The number of nitriles is 1. The van der Waals surface area contributed by atoms with Crippen LogP contribution in [0, 0.1) is 11.3 Å². The molecule has 1 atom stereocenters. The van der Waals surface area contributed by atoms with Crippen molar-refractivity contribution in [1.82, 2.24) is 20.1 Å². The third kappa shape index (κ3) is 6.90. The Hall–Kier alpha value is -4.01. The second-order valence-electron chi connectivity index (χ2n) is 9.42. The molecule has 1 aliphatic carbocycles. The van der Waals surface area contributed by atoms with Gasteiger partial charge in [-0.3, -0.25) is 14.8 Å². The smallest absolute Gasteiger partial charge is 0.313 e. The molecule has 0 saturated heterocycles. The van der Waals surface area contributed by atoms with Gasteiger partial charge in [-0.1, -0.05) is 24.3 Å². The monoisotopic (exact) mass is 550 g/mol. The Morgan fingerprint density at radius 2 is 2.00 bits per heavy atom. The standard InChI is InChI=1S/C28H25F3N6OS/c29-28(30,31)10-11-33-23-8-9-24-25(13-23)39-27(35-24)36-26(38)21-3-1-2-19(12-21)16-37-17-22(15-34-37)20-6-4-18(14-32)5-7-20/h1-7,12,15,17,23,33H,8-11,13,16H2,(H,35,36,38). The molecule has 0 fully saturated rings. The van der Waals surface area contributed by atoms with E-state index < -0.39 is 12.6 Å². The Bertz CT molecular complexity index is 1500. The lowest BCUT2D eigenvalue weighted by Crippen LogP contribution is -2.36. The van der Waals surface area contributed by atoms with E-state index in [1.807, 2.05) is 36.5 Å². The summed E-state index contributed by atoms with van der Waals surface area (Å²) < 4.78 is 39.1. The number of hydrogen-bond donors (Lipinski definition) is 2. The molecule has 1 amide bonds. The minimum Gasteiger partial charge on any atom is -0.313 e. The van der Waals surface area contributed by atoms with Gasteiger partial charge in [-0.2, -0.15) is 23.5 Å². The van der Waals surface area contributed by atoms with Crippen LogP contribution in [0.3, 0.4) is 0 Å². The molecule has 0 aliphatic heterocycles. The summed E-state index contributed by atoms with van der Waals surface area (Å²) in [5.41, 5.74) is 4.78. The van der Waals surface area contributed by atoms with Gasteiger partial charge in [0, 0.05) is 34.8 Å². The number of thiazole rings is 1. The zero-order valence-corrected chi connectivity index (χ0v) is 21.6. The van der Waals surface area contributed by atoms with Gasteiger partial charge in [-0.15, -0.1) is 11.3 Å². The van der Waals surface area contributed by atoms with E-state index in [0.717, 1.165) is 27.3 Å². The second-order valence-corrected chi connectivity index (χ2v) is 10.5. The van der Waals surface area contributed by atoms with Gasteiger partial charge in [-0.25, -0.2) is 4.98 Å². The summed E-state index contributed by atoms with van der Waals surface area (Å²) in [6.07, 6.45) is 0.639. The van der Waals surface area contributed by atoms with Gasteiger partial charge in [0.15, 0.2) is 5.13 Å². The molecule has 1 unspecified atom stereocenters. The molecule has 0 bridgehead atoms. The quantitative estimate of drug-likeness (QED) is 0.299. The number of benzene rings is 2. The molecule has 0 radical (unpaired) electrons. The Morgan fingerprint density at radius 1 is 1.18 bits per heavy atom. The van der Waals surface area contributed by atoms with Crippen molar-refractivity contribution in [3.05, 3.63) is 88.2 Å². The highest BCUT2D eigenvalue weighted by Gasteiger charge is 2.28. The molecule has 2 N–H and O–H groups in total. The molecule has 2 heterocycles. The second kappa shape index (κ2) is 11.4. The number of carbonyl (C=O) groups is 1. The van der Waals surface area contributed by atoms with Crippen molar-refractivity contribution in [3.63, 3.8) is 0 Å². The van der Waals surface area contributed by atoms with Crippen LogP contribution in [0.1, 0.15) is 44.9 Å². The average molecular weight is 551 g/mol. The normalized spacial score (nSPS) is 15.0. The third-order valence-corrected chi connectivity index (χ3v) is 7.55.